The topological polar surface area (TPSA) is 68.1 Å². The Kier molecular flexibility index (Phi) is 3.37. The fraction of sp³-hybridized carbons (Fsp3) is 0.231. The fourth-order valence-electron chi connectivity index (χ4n) is 2.00. The Bertz CT molecular complexity index is 689. The number of aromatic nitrogens is 3. The van der Waals surface area contributed by atoms with Crippen molar-refractivity contribution in [3.63, 3.8) is 0 Å². The first-order valence-electron chi connectivity index (χ1n) is 6.24. The lowest BCUT2D eigenvalue weighted by Crippen LogP contribution is -2.50. The summed E-state index contributed by atoms with van der Waals surface area (Å²) in [6.07, 6.45) is 4.79. The largest absolute Gasteiger partial charge is 0.236 e. The lowest BCUT2D eigenvalue weighted by Gasteiger charge is -2.36. The van der Waals surface area contributed by atoms with E-state index in [4.69, 9.17) is 0 Å². The first-order valence-corrected chi connectivity index (χ1v) is 7.74. The Labute approximate surface area is 117 Å². The molecule has 2 aromatic rings. The molecule has 1 saturated heterocycles. The third kappa shape index (κ3) is 2.63. The van der Waals surface area contributed by atoms with Crippen LogP contribution >= 0.6 is 0 Å². The Morgan fingerprint density at radius 3 is 2.40 bits per heavy atom. The second-order valence-electron chi connectivity index (χ2n) is 4.58. The van der Waals surface area contributed by atoms with Crippen LogP contribution in [0.1, 0.15) is 11.6 Å². The van der Waals surface area contributed by atoms with E-state index in [1.165, 1.54) is 9.71 Å². The van der Waals surface area contributed by atoms with Crippen LogP contribution in [0.15, 0.2) is 48.1 Å². The Morgan fingerprint density at radius 1 is 1.10 bits per heavy atom. The number of hydrogen-bond donors (Lipinski definition) is 0. The molecule has 104 valence electrons. The quantitative estimate of drug-likeness (QED) is 0.846. The van der Waals surface area contributed by atoms with Crippen LogP contribution in [-0.4, -0.2) is 40.8 Å². The zero-order valence-electron chi connectivity index (χ0n) is 10.7. The number of rotatable bonds is 4. The van der Waals surface area contributed by atoms with E-state index in [0.29, 0.717) is 13.1 Å². The summed E-state index contributed by atoms with van der Waals surface area (Å²) < 4.78 is 25.6. The van der Waals surface area contributed by atoms with Crippen LogP contribution in [0.2, 0.25) is 0 Å². The van der Waals surface area contributed by atoms with Gasteiger partial charge in [0.1, 0.15) is 0 Å². The zero-order valence-corrected chi connectivity index (χ0v) is 11.5. The number of hydrogen-bond acceptors (Lipinski definition) is 4. The summed E-state index contributed by atoms with van der Waals surface area (Å²) >= 11 is 0. The van der Waals surface area contributed by atoms with Crippen molar-refractivity contribution in [2.24, 2.45) is 0 Å². The van der Waals surface area contributed by atoms with Gasteiger partial charge < -0.3 is 0 Å². The molecular weight excluding hydrogens is 276 g/mol. The molecule has 0 unspecified atom stereocenters. The zero-order chi connectivity index (χ0) is 14.0. The van der Waals surface area contributed by atoms with Gasteiger partial charge in [0.15, 0.2) is 0 Å². The minimum atomic E-state index is -3.36. The smallest absolute Gasteiger partial charge is 0.208 e. The third-order valence-corrected chi connectivity index (χ3v) is 4.68. The molecule has 0 aliphatic carbocycles. The van der Waals surface area contributed by atoms with Gasteiger partial charge in [-0.15, -0.1) is 0 Å². The molecule has 2 heterocycles. The Hall–Kier alpha value is -1.99. The van der Waals surface area contributed by atoms with Crippen molar-refractivity contribution in [1.29, 1.82) is 0 Å². The molecule has 1 aliphatic heterocycles. The third-order valence-electron chi connectivity index (χ3n) is 3.18. The average molecular weight is 290 g/mol. The van der Waals surface area contributed by atoms with Crippen LogP contribution in [-0.2, 0) is 10.0 Å². The maximum atomic E-state index is 12.1. The van der Waals surface area contributed by atoms with Gasteiger partial charge in [-0.2, -0.15) is 19.3 Å². The number of nitrogens with zero attached hydrogens (tertiary/aromatic N) is 4. The van der Waals surface area contributed by atoms with Gasteiger partial charge in [0.05, 0.1) is 18.4 Å². The molecule has 0 spiro atoms. The molecule has 6 nitrogen and oxygen atoms in total. The van der Waals surface area contributed by atoms with E-state index in [-0.39, 0.29) is 6.04 Å². The lowest BCUT2D eigenvalue weighted by molar-refractivity contribution is 0.177. The molecule has 1 aliphatic rings. The minimum absolute atomic E-state index is 0.0323. The van der Waals surface area contributed by atoms with Crippen molar-refractivity contribution in [2.45, 2.75) is 6.04 Å². The molecule has 3 rings (SSSR count). The second-order valence-corrected chi connectivity index (χ2v) is 6.40. The molecular formula is C13H14N4O2S. The monoisotopic (exact) mass is 290 g/mol. The van der Waals surface area contributed by atoms with Gasteiger partial charge in [-0.3, -0.25) is 0 Å². The van der Waals surface area contributed by atoms with E-state index in [2.05, 4.69) is 10.2 Å². The first kappa shape index (κ1) is 13.0. The molecule has 0 bridgehead atoms. The highest BCUT2D eigenvalue weighted by atomic mass is 32.2. The molecule has 0 saturated carbocycles. The van der Waals surface area contributed by atoms with Crippen molar-refractivity contribution in [1.82, 2.24) is 19.3 Å². The fourth-order valence-corrected chi connectivity index (χ4v) is 3.26. The SMILES string of the molecule is O=S(=O)(/C=C/c1ccccc1)N1CC(n2nccn2)C1. The molecule has 7 heteroatoms. The molecule has 0 N–H and O–H groups in total. The summed E-state index contributed by atoms with van der Waals surface area (Å²) in [6, 6.07) is 9.38. The van der Waals surface area contributed by atoms with Gasteiger partial charge in [-0.05, 0) is 11.6 Å². The van der Waals surface area contributed by atoms with Crippen LogP contribution in [0.3, 0.4) is 0 Å². The normalized spacial score (nSPS) is 17.4. The highest BCUT2D eigenvalue weighted by molar-refractivity contribution is 7.92. The van der Waals surface area contributed by atoms with Gasteiger partial charge in [0.2, 0.25) is 10.0 Å². The number of sulfonamides is 1. The van der Waals surface area contributed by atoms with E-state index in [1.54, 1.807) is 23.3 Å². The van der Waals surface area contributed by atoms with E-state index >= 15 is 0 Å². The molecule has 1 aromatic carbocycles. The molecule has 1 aromatic heterocycles. The van der Waals surface area contributed by atoms with Gasteiger partial charge in [0.25, 0.3) is 0 Å². The Balaban J connectivity index is 1.64. The van der Waals surface area contributed by atoms with Crippen molar-refractivity contribution >= 4 is 16.1 Å². The summed E-state index contributed by atoms with van der Waals surface area (Å²) in [5, 5.41) is 9.27. The van der Waals surface area contributed by atoms with E-state index in [9.17, 15) is 8.42 Å². The van der Waals surface area contributed by atoms with Gasteiger partial charge in [-0.25, -0.2) is 8.42 Å². The first-order chi connectivity index (χ1) is 9.65. The maximum Gasteiger partial charge on any atom is 0.236 e. The van der Waals surface area contributed by atoms with Crippen LogP contribution in [0.5, 0.6) is 0 Å². The van der Waals surface area contributed by atoms with Crippen molar-refractivity contribution in [3.8, 4) is 0 Å². The molecule has 20 heavy (non-hydrogen) atoms. The summed E-state index contributed by atoms with van der Waals surface area (Å²) in [6.45, 7) is 0.826. The van der Waals surface area contributed by atoms with Gasteiger partial charge in [0, 0.05) is 18.5 Å². The van der Waals surface area contributed by atoms with E-state index in [0.717, 1.165) is 5.56 Å². The molecule has 0 atom stereocenters. The molecule has 0 amide bonds. The summed E-state index contributed by atoms with van der Waals surface area (Å²) in [4.78, 5) is 1.55. The maximum absolute atomic E-state index is 12.1. The minimum Gasteiger partial charge on any atom is -0.208 e. The van der Waals surface area contributed by atoms with Gasteiger partial charge in [-0.1, -0.05) is 30.3 Å². The van der Waals surface area contributed by atoms with Crippen LogP contribution in [0.25, 0.3) is 6.08 Å². The second kappa shape index (κ2) is 5.18. The highest BCUT2D eigenvalue weighted by Gasteiger charge is 2.36. The van der Waals surface area contributed by atoms with Crippen molar-refractivity contribution in [3.05, 3.63) is 53.7 Å². The summed E-state index contributed by atoms with van der Waals surface area (Å²) in [5.74, 6) is 0. The standard InChI is InChI=1S/C13H14N4O2S/c18-20(19,9-6-12-4-2-1-3-5-12)16-10-13(11-16)17-14-7-8-15-17/h1-9,13H,10-11H2/b9-6+. The van der Waals surface area contributed by atoms with Gasteiger partial charge >= 0.3 is 0 Å². The highest BCUT2D eigenvalue weighted by Crippen LogP contribution is 2.23. The summed E-state index contributed by atoms with van der Waals surface area (Å²) in [7, 11) is -3.36. The van der Waals surface area contributed by atoms with Crippen molar-refractivity contribution < 1.29 is 8.42 Å². The number of benzene rings is 1. The predicted molar refractivity (Wildman–Crippen MR) is 75.0 cm³/mol. The van der Waals surface area contributed by atoms with Crippen LogP contribution in [0.4, 0.5) is 0 Å². The van der Waals surface area contributed by atoms with Crippen LogP contribution in [0, 0.1) is 0 Å². The molecule has 1 fully saturated rings. The van der Waals surface area contributed by atoms with E-state index in [1.807, 2.05) is 30.3 Å². The Morgan fingerprint density at radius 2 is 1.75 bits per heavy atom. The summed E-state index contributed by atoms with van der Waals surface area (Å²) in [5.41, 5.74) is 0.863. The van der Waals surface area contributed by atoms with E-state index < -0.39 is 10.0 Å². The van der Waals surface area contributed by atoms with Crippen molar-refractivity contribution in [2.75, 3.05) is 13.1 Å². The van der Waals surface area contributed by atoms with Crippen LogP contribution < -0.4 is 0 Å². The average Bonchev–Trinajstić information content (AvgIpc) is 2.89. The lowest BCUT2D eigenvalue weighted by atomic mass is 10.2. The molecule has 0 radical (unpaired) electrons. The predicted octanol–water partition coefficient (Wildman–Crippen LogP) is 1.14.